The Morgan fingerprint density at radius 3 is 2.39 bits per heavy atom. The minimum Gasteiger partial charge on any atom is -0.493 e. The SMILES string of the molecule is CCN(CC)CCOc1ccc(CNC(=NC)NCc2ccccc2F)cc1OC.I. The molecule has 0 amide bonds. The van der Waals surface area contributed by atoms with Crippen LogP contribution in [0.4, 0.5) is 4.39 Å². The lowest BCUT2D eigenvalue weighted by atomic mass is 10.2. The molecule has 0 aliphatic rings. The molecule has 0 aromatic heterocycles. The first-order chi connectivity index (χ1) is 14.6. The van der Waals surface area contributed by atoms with Gasteiger partial charge in [0.25, 0.3) is 0 Å². The third-order valence-corrected chi connectivity index (χ3v) is 4.88. The van der Waals surface area contributed by atoms with Crippen molar-refractivity contribution < 1.29 is 13.9 Å². The van der Waals surface area contributed by atoms with Crippen LogP contribution in [0.5, 0.6) is 11.5 Å². The molecule has 172 valence electrons. The van der Waals surface area contributed by atoms with E-state index in [0.717, 1.165) is 30.9 Å². The van der Waals surface area contributed by atoms with Gasteiger partial charge < -0.3 is 25.0 Å². The van der Waals surface area contributed by atoms with Gasteiger partial charge in [-0.1, -0.05) is 38.1 Å². The number of hydrogen-bond acceptors (Lipinski definition) is 4. The molecule has 6 nitrogen and oxygen atoms in total. The largest absolute Gasteiger partial charge is 0.493 e. The smallest absolute Gasteiger partial charge is 0.191 e. The van der Waals surface area contributed by atoms with E-state index < -0.39 is 0 Å². The minimum absolute atomic E-state index is 0. The second kappa shape index (κ2) is 14.9. The fourth-order valence-corrected chi connectivity index (χ4v) is 2.99. The van der Waals surface area contributed by atoms with Gasteiger partial charge in [0.2, 0.25) is 0 Å². The number of nitrogens with zero attached hydrogens (tertiary/aromatic N) is 2. The molecule has 0 atom stereocenters. The highest BCUT2D eigenvalue weighted by atomic mass is 127. The van der Waals surface area contributed by atoms with E-state index in [1.807, 2.05) is 24.3 Å². The van der Waals surface area contributed by atoms with Crippen LogP contribution >= 0.6 is 24.0 Å². The van der Waals surface area contributed by atoms with Gasteiger partial charge >= 0.3 is 0 Å². The van der Waals surface area contributed by atoms with Gasteiger partial charge in [-0.3, -0.25) is 4.99 Å². The highest BCUT2D eigenvalue weighted by Crippen LogP contribution is 2.28. The second-order valence-electron chi connectivity index (χ2n) is 6.73. The van der Waals surface area contributed by atoms with E-state index >= 15 is 0 Å². The van der Waals surface area contributed by atoms with Crippen LogP contribution in [0.3, 0.4) is 0 Å². The van der Waals surface area contributed by atoms with Crippen LogP contribution in [-0.4, -0.2) is 51.3 Å². The molecule has 0 heterocycles. The van der Waals surface area contributed by atoms with Gasteiger partial charge in [-0.2, -0.15) is 0 Å². The van der Waals surface area contributed by atoms with Crippen LogP contribution in [0.25, 0.3) is 0 Å². The molecule has 0 spiro atoms. The van der Waals surface area contributed by atoms with Crippen molar-refractivity contribution >= 4 is 29.9 Å². The topological polar surface area (TPSA) is 58.1 Å². The number of rotatable bonds is 11. The predicted octanol–water partition coefficient (Wildman–Crippen LogP) is 4.04. The predicted molar refractivity (Wildman–Crippen MR) is 135 cm³/mol. The van der Waals surface area contributed by atoms with Crippen molar-refractivity contribution in [2.75, 3.05) is 40.4 Å². The molecule has 2 aromatic rings. The zero-order valence-corrected chi connectivity index (χ0v) is 21.1. The molecule has 8 heteroatoms. The van der Waals surface area contributed by atoms with E-state index in [1.165, 1.54) is 6.07 Å². The van der Waals surface area contributed by atoms with E-state index in [1.54, 1.807) is 26.3 Å². The fraction of sp³-hybridized carbons (Fsp3) is 0.435. The Morgan fingerprint density at radius 1 is 1.03 bits per heavy atom. The maximum absolute atomic E-state index is 13.8. The zero-order chi connectivity index (χ0) is 21.8. The molecular weight excluding hydrogens is 510 g/mol. The monoisotopic (exact) mass is 544 g/mol. The van der Waals surface area contributed by atoms with E-state index in [9.17, 15) is 4.39 Å². The lowest BCUT2D eigenvalue weighted by Gasteiger charge is -2.19. The van der Waals surface area contributed by atoms with Crippen molar-refractivity contribution in [2.24, 2.45) is 4.99 Å². The lowest BCUT2D eigenvalue weighted by Crippen LogP contribution is -2.36. The Hall–Kier alpha value is -2.07. The van der Waals surface area contributed by atoms with Gasteiger partial charge in [0.15, 0.2) is 17.5 Å². The molecule has 0 saturated carbocycles. The van der Waals surface area contributed by atoms with E-state index in [4.69, 9.17) is 9.47 Å². The standard InChI is InChI=1S/C23H33FN4O2.HI/c1-5-28(6-2)13-14-30-21-12-11-18(15-22(21)29-4)16-26-23(25-3)27-17-19-9-7-8-10-20(19)24;/h7-12,15H,5-6,13-14,16-17H2,1-4H3,(H2,25,26,27);1H. The molecule has 2 N–H and O–H groups in total. The van der Waals surface area contributed by atoms with E-state index in [2.05, 4.69) is 34.4 Å². The molecule has 0 saturated heterocycles. The molecule has 31 heavy (non-hydrogen) atoms. The lowest BCUT2D eigenvalue weighted by molar-refractivity contribution is 0.217. The van der Waals surface area contributed by atoms with Gasteiger partial charge in [-0.15, -0.1) is 24.0 Å². The summed E-state index contributed by atoms with van der Waals surface area (Å²) in [4.78, 5) is 6.50. The first-order valence-corrected chi connectivity index (χ1v) is 10.3. The molecule has 0 aliphatic heterocycles. The first kappa shape index (κ1) is 27.0. The summed E-state index contributed by atoms with van der Waals surface area (Å²) < 4.78 is 25.2. The van der Waals surface area contributed by atoms with Crippen LogP contribution in [0.1, 0.15) is 25.0 Å². The van der Waals surface area contributed by atoms with Crippen molar-refractivity contribution in [3.05, 3.63) is 59.4 Å². The Kier molecular flexibility index (Phi) is 12.9. The second-order valence-corrected chi connectivity index (χ2v) is 6.73. The Labute approximate surface area is 202 Å². The van der Waals surface area contributed by atoms with Gasteiger partial charge in [-0.25, -0.2) is 4.39 Å². The number of methoxy groups -OCH3 is 1. The molecule has 2 aromatic carbocycles. The maximum Gasteiger partial charge on any atom is 0.191 e. The van der Waals surface area contributed by atoms with E-state index in [-0.39, 0.29) is 29.8 Å². The number of benzene rings is 2. The third kappa shape index (κ3) is 8.90. The molecule has 2 rings (SSSR count). The number of hydrogen-bond donors (Lipinski definition) is 2. The number of guanidine groups is 1. The average molecular weight is 544 g/mol. The number of likely N-dealkylation sites (N-methyl/N-ethyl adjacent to an activating group) is 1. The fourth-order valence-electron chi connectivity index (χ4n) is 2.99. The summed E-state index contributed by atoms with van der Waals surface area (Å²) in [5, 5.41) is 6.36. The van der Waals surface area contributed by atoms with Crippen molar-refractivity contribution in [2.45, 2.75) is 26.9 Å². The van der Waals surface area contributed by atoms with Gasteiger partial charge in [0.05, 0.1) is 7.11 Å². The van der Waals surface area contributed by atoms with Crippen molar-refractivity contribution in [3.63, 3.8) is 0 Å². The summed E-state index contributed by atoms with van der Waals surface area (Å²) in [6, 6.07) is 12.6. The van der Waals surface area contributed by atoms with Crippen LogP contribution in [0, 0.1) is 5.82 Å². The van der Waals surface area contributed by atoms with Crippen molar-refractivity contribution in [3.8, 4) is 11.5 Å². The molecule has 0 radical (unpaired) electrons. The maximum atomic E-state index is 13.8. The summed E-state index contributed by atoms with van der Waals surface area (Å²) in [6.45, 7) is 8.70. The summed E-state index contributed by atoms with van der Waals surface area (Å²) in [5.74, 6) is 1.79. The molecule has 0 aliphatic carbocycles. The molecule has 0 bridgehead atoms. The molecule has 0 unspecified atom stereocenters. The minimum atomic E-state index is -0.234. The van der Waals surface area contributed by atoms with Crippen molar-refractivity contribution in [1.29, 1.82) is 0 Å². The summed E-state index contributed by atoms with van der Waals surface area (Å²) in [7, 11) is 3.32. The Bertz CT molecular complexity index is 816. The number of aliphatic imine (C=N–C) groups is 1. The molecular formula is C23H34FIN4O2. The Morgan fingerprint density at radius 2 is 1.74 bits per heavy atom. The van der Waals surface area contributed by atoms with E-state index in [0.29, 0.717) is 37.0 Å². The summed E-state index contributed by atoms with van der Waals surface area (Å²) >= 11 is 0. The third-order valence-electron chi connectivity index (χ3n) is 4.88. The quantitative estimate of drug-likeness (QED) is 0.254. The molecule has 0 fully saturated rings. The highest BCUT2D eigenvalue weighted by molar-refractivity contribution is 14.0. The van der Waals surface area contributed by atoms with Crippen LogP contribution in [-0.2, 0) is 13.1 Å². The summed E-state index contributed by atoms with van der Waals surface area (Å²) in [6.07, 6.45) is 0. The zero-order valence-electron chi connectivity index (χ0n) is 18.8. The number of halogens is 2. The van der Waals surface area contributed by atoms with Gasteiger partial charge in [-0.05, 0) is 36.9 Å². The van der Waals surface area contributed by atoms with Gasteiger partial charge in [0.1, 0.15) is 12.4 Å². The summed E-state index contributed by atoms with van der Waals surface area (Å²) in [5.41, 5.74) is 1.62. The number of nitrogens with one attached hydrogen (secondary N) is 2. The van der Waals surface area contributed by atoms with Gasteiger partial charge in [0, 0.05) is 32.2 Å². The normalized spacial score (nSPS) is 11.1. The van der Waals surface area contributed by atoms with Crippen LogP contribution in [0.2, 0.25) is 0 Å². The average Bonchev–Trinajstić information content (AvgIpc) is 2.78. The van der Waals surface area contributed by atoms with Crippen LogP contribution < -0.4 is 20.1 Å². The number of ether oxygens (including phenoxy) is 2. The van der Waals surface area contributed by atoms with Crippen molar-refractivity contribution in [1.82, 2.24) is 15.5 Å². The first-order valence-electron chi connectivity index (χ1n) is 10.3. The Balaban J connectivity index is 0.00000480. The highest BCUT2D eigenvalue weighted by Gasteiger charge is 2.08. The van der Waals surface area contributed by atoms with Crippen LogP contribution in [0.15, 0.2) is 47.5 Å².